The molecule has 1 unspecified atom stereocenters. The zero-order valence-corrected chi connectivity index (χ0v) is 20.3. The van der Waals surface area contributed by atoms with Crippen molar-refractivity contribution >= 4 is 57.9 Å². The molecular weight excluding hydrogens is 491 g/mol. The molecule has 2 aromatic heterocycles. The van der Waals surface area contributed by atoms with Crippen LogP contribution in [0.25, 0.3) is 6.08 Å². The standard InChI is InChI=1S/C22H18Cl2N2O4S2/c1-12-18(21(28)30-8-7-29-2)19(16-4-3-9-31-16)26-20(27)17(32-22(26)25-12)11-13-5-6-14(23)15(24)10-13/h3-6,9-11,19H,7-8H2,1-2H3/b17-11+. The third-order valence-electron chi connectivity index (χ3n) is 4.82. The van der Waals surface area contributed by atoms with Crippen LogP contribution in [-0.4, -0.2) is 30.9 Å². The van der Waals surface area contributed by atoms with Gasteiger partial charge in [0.15, 0.2) is 4.80 Å². The Hall–Kier alpha value is -2.23. The molecule has 1 aromatic carbocycles. The van der Waals surface area contributed by atoms with Gasteiger partial charge in [-0.3, -0.25) is 9.36 Å². The molecule has 0 fully saturated rings. The molecule has 32 heavy (non-hydrogen) atoms. The highest BCUT2D eigenvalue weighted by Crippen LogP contribution is 2.33. The lowest BCUT2D eigenvalue weighted by Gasteiger charge is -2.23. The van der Waals surface area contributed by atoms with E-state index in [1.807, 2.05) is 17.5 Å². The van der Waals surface area contributed by atoms with Crippen molar-refractivity contribution in [3.05, 3.63) is 87.2 Å². The van der Waals surface area contributed by atoms with Gasteiger partial charge >= 0.3 is 5.97 Å². The van der Waals surface area contributed by atoms with Gasteiger partial charge in [-0.25, -0.2) is 9.79 Å². The first kappa shape index (κ1) is 22.9. The van der Waals surface area contributed by atoms with Gasteiger partial charge in [0.2, 0.25) is 0 Å². The summed E-state index contributed by atoms with van der Waals surface area (Å²) in [5, 5.41) is 2.75. The lowest BCUT2D eigenvalue weighted by Crippen LogP contribution is -2.39. The summed E-state index contributed by atoms with van der Waals surface area (Å²) in [6, 6.07) is 8.33. The van der Waals surface area contributed by atoms with E-state index in [9.17, 15) is 9.59 Å². The number of hydrogen-bond donors (Lipinski definition) is 0. The van der Waals surface area contributed by atoms with Gasteiger partial charge in [-0.15, -0.1) is 11.3 Å². The number of aromatic nitrogens is 1. The molecule has 6 nitrogen and oxygen atoms in total. The highest BCUT2D eigenvalue weighted by molar-refractivity contribution is 7.10. The average molecular weight is 509 g/mol. The van der Waals surface area contributed by atoms with Crippen molar-refractivity contribution in [2.75, 3.05) is 20.3 Å². The van der Waals surface area contributed by atoms with E-state index in [0.717, 1.165) is 10.4 Å². The maximum Gasteiger partial charge on any atom is 0.338 e. The van der Waals surface area contributed by atoms with Crippen LogP contribution in [0.1, 0.15) is 23.4 Å². The second-order valence-electron chi connectivity index (χ2n) is 6.90. The van der Waals surface area contributed by atoms with Gasteiger partial charge in [-0.2, -0.15) is 0 Å². The van der Waals surface area contributed by atoms with Crippen LogP contribution in [0.3, 0.4) is 0 Å². The quantitative estimate of drug-likeness (QED) is 0.375. The average Bonchev–Trinajstić information content (AvgIpc) is 3.39. The fourth-order valence-corrected chi connectivity index (χ4v) is 5.52. The largest absolute Gasteiger partial charge is 0.460 e. The molecule has 0 spiro atoms. The van der Waals surface area contributed by atoms with Gasteiger partial charge in [0.05, 0.1) is 32.5 Å². The molecule has 0 N–H and O–H groups in total. The maximum atomic E-state index is 13.4. The van der Waals surface area contributed by atoms with E-state index in [1.165, 1.54) is 29.8 Å². The minimum absolute atomic E-state index is 0.116. The third-order valence-corrected chi connectivity index (χ3v) is 7.46. The molecule has 0 aliphatic carbocycles. The molecule has 0 radical (unpaired) electrons. The van der Waals surface area contributed by atoms with E-state index in [4.69, 9.17) is 32.7 Å². The SMILES string of the molecule is COCCOC(=O)C1=C(C)N=c2s/c(=C/c3ccc(Cl)c(Cl)c3)c(=O)n2C1c1cccs1. The molecule has 3 heterocycles. The molecule has 0 saturated heterocycles. The molecule has 166 valence electrons. The van der Waals surface area contributed by atoms with E-state index in [1.54, 1.807) is 35.8 Å². The van der Waals surface area contributed by atoms with Gasteiger partial charge in [0.1, 0.15) is 12.6 Å². The molecule has 3 aromatic rings. The number of rotatable bonds is 6. The highest BCUT2D eigenvalue weighted by atomic mass is 35.5. The van der Waals surface area contributed by atoms with Crippen molar-refractivity contribution in [2.45, 2.75) is 13.0 Å². The molecule has 10 heteroatoms. The Balaban J connectivity index is 1.85. The smallest absolute Gasteiger partial charge is 0.338 e. The monoisotopic (exact) mass is 508 g/mol. The lowest BCUT2D eigenvalue weighted by atomic mass is 10.0. The number of carbonyl (C=O) groups excluding carboxylic acids is 1. The van der Waals surface area contributed by atoms with Crippen LogP contribution < -0.4 is 14.9 Å². The Morgan fingerprint density at radius 2 is 2.06 bits per heavy atom. The van der Waals surface area contributed by atoms with Crippen LogP contribution in [-0.2, 0) is 14.3 Å². The van der Waals surface area contributed by atoms with Gasteiger partial charge < -0.3 is 9.47 Å². The molecule has 1 aliphatic heterocycles. The van der Waals surface area contributed by atoms with Crippen LogP contribution in [0.2, 0.25) is 10.0 Å². The van der Waals surface area contributed by atoms with Crippen molar-refractivity contribution in [2.24, 2.45) is 4.99 Å². The number of benzene rings is 1. The number of halogens is 2. The summed E-state index contributed by atoms with van der Waals surface area (Å²) in [5.74, 6) is -0.513. The van der Waals surface area contributed by atoms with Crippen LogP contribution in [0.4, 0.5) is 0 Å². The van der Waals surface area contributed by atoms with Crippen molar-refractivity contribution in [1.82, 2.24) is 4.57 Å². The van der Waals surface area contributed by atoms with Crippen molar-refractivity contribution in [3.8, 4) is 0 Å². The van der Waals surface area contributed by atoms with E-state index >= 15 is 0 Å². The summed E-state index contributed by atoms with van der Waals surface area (Å²) in [5.41, 5.74) is 1.37. The van der Waals surface area contributed by atoms with Crippen LogP contribution in [0.15, 0.2) is 56.8 Å². The Labute approximate surface area is 201 Å². The van der Waals surface area contributed by atoms with E-state index < -0.39 is 12.0 Å². The van der Waals surface area contributed by atoms with Crippen molar-refractivity contribution in [3.63, 3.8) is 0 Å². The summed E-state index contributed by atoms with van der Waals surface area (Å²) < 4.78 is 12.4. The number of thiophene rings is 1. The molecule has 0 bridgehead atoms. The number of thiazole rings is 1. The number of nitrogens with zero attached hydrogens (tertiary/aromatic N) is 2. The predicted octanol–water partition coefficient (Wildman–Crippen LogP) is 3.79. The number of carbonyl (C=O) groups is 1. The summed E-state index contributed by atoms with van der Waals surface area (Å²) in [4.78, 5) is 32.3. The molecule has 0 amide bonds. The maximum absolute atomic E-state index is 13.4. The fraction of sp³-hybridized carbons (Fsp3) is 0.227. The molecule has 1 atom stereocenters. The minimum Gasteiger partial charge on any atom is -0.460 e. The number of allylic oxidation sites excluding steroid dienone is 1. The van der Waals surface area contributed by atoms with Crippen molar-refractivity contribution in [1.29, 1.82) is 0 Å². The normalized spacial score (nSPS) is 16.1. The Morgan fingerprint density at radius 1 is 1.25 bits per heavy atom. The van der Waals surface area contributed by atoms with Gasteiger partial charge in [-0.1, -0.05) is 46.7 Å². The van der Waals surface area contributed by atoms with Crippen molar-refractivity contribution < 1.29 is 14.3 Å². The Kier molecular flexibility index (Phi) is 6.97. The second-order valence-corrected chi connectivity index (χ2v) is 9.70. The Morgan fingerprint density at radius 3 is 2.75 bits per heavy atom. The molecule has 1 aliphatic rings. The summed E-state index contributed by atoms with van der Waals surface area (Å²) >= 11 is 14.8. The molecule has 0 saturated carbocycles. The minimum atomic E-state index is -0.614. The van der Waals surface area contributed by atoms with Crippen LogP contribution in [0.5, 0.6) is 0 Å². The molecular formula is C22H18Cl2N2O4S2. The second kappa shape index (κ2) is 9.72. The van der Waals surface area contributed by atoms with Crippen LogP contribution >= 0.6 is 45.9 Å². The Bertz CT molecular complexity index is 1370. The third kappa shape index (κ3) is 4.46. The lowest BCUT2D eigenvalue weighted by molar-refractivity contribution is -0.140. The van der Waals surface area contributed by atoms with Gasteiger partial charge in [-0.05, 0) is 42.1 Å². The van der Waals surface area contributed by atoms with E-state index in [2.05, 4.69) is 4.99 Å². The number of esters is 1. The summed E-state index contributed by atoms with van der Waals surface area (Å²) in [6.45, 7) is 2.15. The summed E-state index contributed by atoms with van der Waals surface area (Å²) in [7, 11) is 1.53. The predicted molar refractivity (Wildman–Crippen MR) is 127 cm³/mol. The first-order valence-corrected chi connectivity index (χ1v) is 12.0. The number of fused-ring (bicyclic) bond motifs is 1. The first-order valence-electron chi connectivity index (χ1n) is 9.57. The van der Waals surface area contributed by atoms with E-state index in [0.29, 0.717) is 30.6 Å². The van der Waals surface area contributed by atoms with Crippen LogP contribution in [0, 0.1) is 0 Å². The van der Waals surface area contributed by atoms with E-state index in [-0.39, 0.29) is 18.8 Å². The zero-order chi connectivity index (χ0) is 22.8. The number of methoxy groups -OCH3 is 1. The molecule has 4 rings (SSSR count). The fourth-order valence-electron chi connectivity index (χ4n) is 3.35. The number of hydrogen-bond acceptors (Lipinski definition) is 7. The summed E-state index contributed by atoms with van der Waals surface area (Å²) in [6.07, 6.45) is 1.74. The highest BCUT2D eigenvalue weighted by Gasteiger charge is 2.34. The first-order chi connectivity index (χ1) is 15.4. The topological polar surface area (TPSA) is 69.9 Å². The van der Waals surface area contributed by atoms with Gasteiger partial charge in [0.25, 0.3) is 5.56 Å². The van der Waals surface area contributed by atoms with Gasteiger partial charge in [0, 0.05) is 12.0 Å². The zero-order valence-electron chi connectivity index (χ0n) is 17.1. The number of ether oxygens (including phenoxy) is 2.